The molecular formula is C19H28N2O4S. The van der Waals surface area contributed by atoms with Crippen LogP contribution in [0.2, 0.25) is 0 Å². The van der Waals surface area contributed by atoms with Gasteiger partial charge in [0.2, 0.25) is 15.9 Å². The maximum absolute atomic E-state index is 12.8. The van der Waals surface area contributed by atoms with Gasteiger partial charge in [0, 0.05) is 32.2 Å². The van der Waals surface area contributed by atoms with Crippen LogP contribution in [0.1, 0.15) is 38.5 Å². The van der Waals surface area contributed by atoms with Crippen molar-refractivity contribution in [1.29, 1.82) is 0 Å². The van der Waals surface area contributed by atoms with Gasteiger partial charge in [0.25, 0.3) is 0 Å². The van der Waals surface area contributed by atoms with Crippen molar-refractivity contribution in [3.63, 3.8) is 0 Å². The highest BCUT2D eigenvalue weighted by Crippen LogP contribution is 2.27. The molecule has 1 atom stereocenters. The lowest BCUT2D eigenvalue weighted by atomic mass is 9.86. The lowest BCUT2D eigenvalue weighted by Gasteiger charge is -2.34. The first-order valence-electron chi connectivity index (χ1n) is 9.39. The molecule has 0 unspecified atom stereocenters. The van der Waals surface area contributed by atoms with Crippen LogP contribution in [0.25, 0.3) is 0 Å². The molecule has 1 heterocycles. The van der Waals surface area contributed by atoms with E-state index in [4.69, 9.17) is 4.74 Å². The summed E-state index contributed by atoms with van der Waals surface area (Å²) in [6.45, 7) is 0.846. The van der Waals surface area contributed by atoms with Gasteiger partial charge in [0.15, 0.2) is 0 Å². The minimum absolute atomic E-state index is 0.0162. The molecule has 1 saturated carbocycles. The van der Waals surface area contributed by atoms with Gasteiger partial charge < -0.3 is 10.1 Å². The molecule has 7 heteroatoms. The largest absolute Gasteiger partial charge is 0.381 e. The van der Waals surface area contributed by atoms with Gasteiger partial charge >= 0.3 is 0 Å². The normalized spacial score (nSPS) is 27.8. The zero-order chi connectivity index (χ0) is 18.6. The quantitative estimate of drug-likeness (QED) is 0.849. The molecule has 1 saturated heterocycles. The van der Waals surface area contributed by atoms with Crippen molar-refractivity contribution >= 4 is 15.9 Å². The van der Waals surface area contributed by atoms with Gasteiger partial charge in [-0.25, -0.2) is 8.42 Å². The minimum Gasteiger partial charge on any atom is -0.381 e. The van der Waals surface area contributed by atoms with Crippen LogP contribution in [0.5, 0.6) is 0 Å². The molecular weight excluding hydrogens is 352 g/mol. The number of benzene rings is 1. The number of nitrogens with one attached hydrogen (secondary N) is 1. The third-order valence-corrected chi connectivity index (χ3v) is 7.37. The zero-order valence-electron chi connectivity index (χ0n) is 15.3. The van der Waals surface area contributed by atoms with Crippen molar-refractivity contribution < 1.29 is 17.9 Å². The van der Waals surface area contributed by atoms with Crippen LogP contribution < -0.4 is 5.32 Å². The predicted molar refractivity (Wildman–Crippen MR) is 99.1 cm³/mol. The van der Waals surface area contributed by atoms with Crippen molar-refractivity contribution in [3.05, 3.63) is 30.3 Å². The van der Waals surface area contributed by atoms with Crippen molar-refractivity contribution in [2.24, 2.45) is 5.92 Å². The first-order chi connectivity index (χ1) is 12.5. The van der Waals surface area contributed by atoms with Crippen LogP contribution >= 0.6 is 0 Å². The molecule has 0 bridgehead atoms. The van der Waals surface area contributed by atoms with E-state index in [0.29, 0.717) is 18.0 Å². The second-order valence-electron chi connectivity index (χ2n) is 7.23. The molecule has 2 aliphatic rings. The summed E-state index contributed by atoms with van der Waals surface area (Å²) in [6, 6.07) is 8.38. The number of rotatable bonds is 5. The number of hydrogen-bond donors (Lipinski definition) is 1. The lowest BCUT2D eigenvalue weighted by Crippen LogP contribution is -2.51. The second-order valence-corrected chi connectivity index (χ2v) is 9.17. The maximum atomic E-state index is 12.8. The molecule has 0 spiro atoms. The number of sulfonamides is 1. The Balaban J connectivity index is 1.58. The summed E-state index contributed by atoms with van der Waals surface area (Å²) in [6.07, 6.45) is 5.33. The van der Waals surface area contributed by atoms with Gasteiger partial charge in [0.1, 0.15) is 0 Å². The molecule has 1 aliphatic heterocycles. The molecule has 1 aromatic carbocycles. The van der Waals surface area contributed by atoms with Crippen LogP contribution in [0.4, 0.5) is 0 Å². The highest BCUT2D eigenvalue weighted by Gasteiger charge is 2.33. The number of piperidine rings is 1. The average molecular weight is 381 g/mol. The highest BCUT2D eigenvalue weighted by atomic mass is 32.2. The summed E-state index contributed by atoms with van der Waals surface area (Å²) < 4.78 is 32.4. The number of nitrogens with zero attached hydrogens (tertiary/aromatic N) is 1. The second kappa shape index (κ2) is 8.50. The van der Waals surface area contributed by atoms with Crippen LogP contribution in [-0.4, -0.2) is 51.0 Å². The molecule has 26 heavy (non-hydrogen) atoms. The van der Waals surface area contributed by atoms with Gasteiger partial charge in [-0.15, -0.1) is 0 Å². The van der Waals surface area contributed by atoms with Crippen LogP contribution in [0.3, 0.4) is 0 Å². The Kier molecular flexibility index (Phi) is 6.32. The number of ether oxygens (including phenoxy) is 1. The van der Waals surface area contributed by atoms with E-state index in [1.807, 2.05) is 0 Å². The van der Waals surface area contributed by atoms with Gasteiger partial charge in [-0.05, 0) is 50.7 Å². The molecule has 1 aromatic rings. The first-order valence-corrected chi connectivity index (χ1v) is 10.8. The Morgan fingerprint density at radius 2 is 1.81 bits per heavy atom. The molecule has 6 nitrogen and oxygen atoms in total. The summed E-state index contributed by atoms with van der Waals surface area (Å²) in [5, 5.41) is 3.09. The summed E-state index contributed by atoms with van der Waals surface area (Å²) >= 11 is 0. The Morgan fingerprint density at radius 1 is 1.12 bits per heavy atom. The summed E-state index contributed by atoms with van der Waals surface area (Å²) in [5.41, 5.74) is 0. The molecule has 0 aromatic heterocycles. The maximum Gasteiger partial charge on any atom is 0.243 e. The number of methoxy groups -OCH3 is 1. The number of carbonyl (C=O) groups is 1. The van der Waals surface area contributed by atoms with E-state index in [0.717, 1.165) is 38.5 Å². The fraction of sp³-hybridized carbons (Fsp3) is 0.632. The molecule has 1 aliphatic carbocycles. The molecule has 1 amide bonds. The van der Waals surface area contributed by atoms with E-state index in [1.165, 1.54) is 4.31 Å². The van der Waals surface area contributed by atoms with Crippen molar-refractivity contribution in [3.8, 4) is 0 Å². The number of hydrogen-bond acceptors (Lipinski definition) is 4. The van der Waals surface area contributed by atoms with Crippen molar-refractivity contribution in [2.75, 3.05) is 20.2 Å². The topological polar surface area (TPSA) is 75.7 Å². The number of carbonyl (C=O) groups excluding carboxylic acids is 1. The minimum atomic E-state index is -3.50. The van der Waals surface area contributed by atoms with Gasteiger partial charge in [-0.3, -0.25) is 4.79 Å². The summed E-state index contributed by atoms with van der Waals surface area (Å²) in [4.78, 5) is 12.9. The molecule has 144 valence electrons. The summed E-state index contributed by atoms with van der Waals surface area (Å²) in [5.74, 6) is 0.0750. The SMILES string of the molecule is COC1CCC(C(=O)N[C@@H]2CCCN(S(=O)(=O)c3ccccc3)C2)CC1. The molecule has 3 rings (SSSR count). The van der Waals surface area contributed by atoms with Crippen molar-refractivity contribution in [1.82, 2.24) is 9.62 Å². The predicted octanol–water partition coefficient (Wildman–Crippen LogP) is 2.16. The molecule has 2 fully saturated rings. The van der Waals surface area contributed by atoms with Gasteiger partial charge in [0.05, 0.1) is 11.0 Å². The van der Waals surface area contributed by atoms with Gasteiger partial charge in [-0.2, -0.15) is 4.31 Å². The fourth-order valence-electron chi connectivity index (χ4n) is 3.90. The zero-order valence-corrected chi connectivity index (χ0v) is 16.1. The van der Waals surface area contributed by atoms with E-state index in [2.05, 4.69) is 5.32 Å². The number of amides is 1. The van der Waals surface area contributed by atoms with E-state index in [-0.39, 0.29) is 24.0 Å². The Labute approximate surface area is 156 Å². The third kappa shape index (κ3) is 4.45. The third-order valence-electron chi connectivity index (χ3n) is 5.49. The standard InChI is InChI=1S/C19H28N2O4S/c1-25-17-11-9-15(10-12-17)19(22)20-16-6-5-13-21(14-16)26(23,24)18-7-3-2-4-8-18/h2-4,7-8,15-17H,5-6,9-14H2,1H3,(H,20,22)/t15?,16-,17?/m1/s1. The smallest absolute Gasteiger partial charge is 0.243 e. The average Bonchev–Trinajstić information content (AvgIpc) is 2.69. The first kappa shape index (κ1) is 19.3. The van der Waals surface area contributed by atoms with Gasteiger partial charge in [-0.1, -0.05) is 18.2 Å². The Bertz CT molecular complexity index is 700. The highest BCUT2D eigenvalue weighted by molar-refractivity contribution is 7.89. The Hall–Kier alpha value is -1.44. The van der Waals surface area contributed by atoms with E-state index in [9.17, 15) is 13.2 Å². The molecule has 0 radical (unpaired) electrons. The monoisotopic (exact) mass is 380 g/mol. The van der Waals surface area contributed by atoms with Crippen LogP contribution in [0.15, 0.2) is 35.2 Å². The summed E-state index contributed by atoms with van der Waals surface area (Å²) in [7, 11) is -1.78. The Morgan fingerprint density at radius 3 is 2.46 bits per heavy atom. The van der Waals surface area contributed by atoms with Crippen LogP contribution in [0, 0.1) is 5.92 Å². The van der Waals surface area contributed by atoms with E-state index >= 15 is 0 Å². The fourth-order valence-corrected chi connectivity index (χ4v) is 5.44. The lowest BCUT2D eigenvalue weighted by molar-refractivity contribution is -0.127. The van der Waals surface area contributed by atoms with Crippen LogP contribution in [-0.2, 0) is 19.6 Å². The van der Waals surface area contributed by atoms with E-state index in [1.54, 1.807) is 37.4 Å². The van der Waals surface area contributed by atoms with Crippen molar-refractivity contribution in [2.45, 2.75) is 55.6 Å². The van der Waals surface area contributed by atoms with E-state index < -0.39 is 10.0 Å². The molecule has 1 N–H and O–H groups in total.